The van der Waals surface area contributed by atoms with Gasteiger partial charge in [-0.05, 0) is 24.3 Å². The number of anilines is 1. The molecule has 2 N–H and O–H groups in total. The number of hydrogen-bond acceptors (Lipinski definition) is 3. The normalized spacial score (nSPS) is 10.4. The largest absolute Gasteiger partial charge is 0.468 e. The Balaban J connectivity index is 1.65. The van der Waals surface area contributed by atoms with Crippen LogP contribution in [-0.2, 0) is 6.54 Å². The minimum atomic E-state index is -0.224. The molecule has 1 heterocycles. The summed E-state index contributed by atoms with van der Waals surface area (Å²) in [7, 11) is 0. The van der Waals surface area contributed by atoms with Crippen LogP contribution in [0.4, 0.5) is 10.1 Å². The molecular weight excluding hydrogens is 219 g/mol. The van der Waals surface area contributed by atoms with Crippen molar-refractivity contribution in [1.29, 1.82) is 0 Å². The Labute approximate surface area is 99.6 Å². The molecule has 2 aromatic rings. The van der Waals surface area contributed by atoms with Crippen LogP contribution in [0.3, 0.4) is 0 Å². The fourth-order valence-electron chi connectivity index (χ4n) is 1.51. The molecule has 0 saturated heterocycles. The van der Waals surface area contributed by atoms with E-state index in [1.807, 2.05) is 18.2 Å². The predicted molar refractivity (Wildman–Crippen MR) is 65.3 cm³/mol. The van der Waals surface area contributed by atoms with Crippen LogP contribution in [0.1, 0.15) is 5.76 Å². The van der Waals surface area contributed by atoms with Gasteiger partial charge in [0.15, 0.2) is 0 Å². The zero-order valence-electron chi connectivity index (χ0n) is 9.45. The van der Waals surface area contributed by atoms with Crippen molar-refractivity contribution in [3.63, 3.8) is 0 Å². The second kappa shape index (κ2) is 6.06. The Hall–Kier alpha value is -1.81. The van der Waals surface area contributed by atoms with Gasteiger partial charge in [0.2, 0.25) is 0 Å². The first-order chi connectivity index (χ1) is 8.36. The predicted octanol–water partition coefficient (Wildman–Crippen LogP) is 2.62. The topological polar surface area (TPSA) is 37.2 Å². The van der Waals surface area contributed by atoms with Crippen molar-refractivity contribution in [3.05, 3.63) is 54.2 Å². The molecule has 0 aliphatic rings. The van der Waals surface area contributed by atoms with Crippen molar-refractivity contribution < 1.29 is 8.81 Å². The van der Waals surface area contributed by atoms with Gasteiger partial charge in [0.05, 0.1) is 18.5 Å². The molecular formula is C13H15FN2O. The molecule has 0 saturated carbocycles. The molecule has 0 amide bonds. The molecule has 1 aromatic heterocycles. The third-order valence-corrected chi connectivity index (χ3v) is 2.37. The first kappa shape index (κ1) is 11.7. The Morgan fingerprint density at radius 3 is 2.71 bits per heavy atom. The molecule has 0 atom stereocenters. The van der Waals surface area contributed by atoms with E-state index in [9.17, 15) is 4.39 Å². The van der Waals surface area contributed by atoms with Gasteiger partial charge in [0.1, 0.15) is 11.6 Å². The van der Waals surface area contributed by atoms with Crippen molar-refractivity contribution in [1.82, 2.24) is 5.32 Å². The van der Waals surface area contributed by atoms with Crippen molar-refractivity contribution in [2.24, 2.45) is 0 Å². The maximum atomic E-state index is 13.2. The van der Waals surface area contributed by atoms with Crippen LogP contribution in [0.15, 0.2) is 47.1 Å². The number of benzene rings is 1. The molecule has 3 nitrogen and oxygen atoms in total. The van der Waals surface area contributed by atoms with Crippen molar-refractivity contribution >= 4 is 5.69 Å². The second-order valence-corrected chi connectivity index (χ2v) is 3.66. The molecule has 4 heteroatoms. The van der Waals surface area contributed by atoms with Gasteiger partial charge in [-0.2, -0.15) is 0 Å². The fraction of sp³-hybridized carbons (Fsp3) is 0.231. The number of nitrogens with one attached hydrogen (secondary N) is 2. The van der Waals surface area contributed by atoms with E-state index in [1.165, 1.54) is 6.07 Å². The SMILES string of the molecule is Fc1ccccc1NCCNCc1ccco1. The molecule has 90 valence electrons. The lowest BCUT2D eigenvalue weighted by molar-refractivity contribution is 0.486. The maximum Gasteiger partial charge on any atom is 0.146 e. The number of hydrogen-bond donors (Lipinski definition) is 2. The van der Waals surface area contributed by atoms with E-state index in [0.29, 0.717) is 18.8 Å². The first-order valence-electron chi connectivity index (χ1n) is 5.58. The summed E-state index contributed by atoms with van der Waals surface area (Å²) in [6.45, 7) is 2.10. The summed E-state index contributed by atoms with van der Waals surface area (Å²) >= 11 is 0. The molecule has 0 aliphatic carbocycles. The van der Waals surface area contributed by atoms with Crippen molar-refractivity contribution in [2.75, 3.05) is 18.4 Å². The summed E-state index contributed by atoms with van der Waals surface area (Å²) < 4.78 is 18.4. The van der Waals surface area contributed by atoms with Crippen LogP contribution in [0.2, 0.25) is 0 Å². The highest BCUT2D eigenvalue weighted by atomic mass is 19.1. The lowest BCUT2D eigenvalue weighted by Gasteiger charge is -2.07. The van der Waals surface area contributed by atoms with Gasteiger partial charge in [0, 0.05) is 13.1 Å². The highest BCUT2D eigenvalue weighted by Gasteiger charge is 1.98. The number of para-hydroxylation sites is 1. The molecule has 17 heavy (non-hydrogen) atoms. The lowest BCUT2D eigenvalue weighted by atomic mass is 10.3. The third-order valence-electron chi connectivity index (χ3n) is 2.37. The number of halogens is 1. The van der Waals surface area contributed by atoms with Crippen LogP contribution in [0.5, 0.6) is 0 Å². The van der Waals surface area contributed by atoms with Crippen molar-refractivity contribution in [3.8, 4) is 0 Å². The smallest absolute Gasteiger partial charge is 0.146 e. The average molecular weight is 234 g/mol. The zero-order chi connectivity index (χ0) is 11.9. The van der Waals surface area contributed by atoms with Gasteiger partial charge < -0.3 is 15.1 Å². The van der Waals surface area contributed by atoms with Gasteiger partial charge in [-0.3, -0.25) is 0 Å². The number of furan rings is 1. The van der Waals surface area contributed by atoms with Gasteiger partial charge in [-0.15, -0.1) is 0 Å². The maximum absolute atomic E-state index is 13.2. The summed E-state index contributed by atoms with van der Waals surface area (Å²) in [6, 6.07) is 10.4. The monoisotopic (exact) mass is 234 g/mol. The molecule has 0 aliphatic heterocycles. The van der Waals surface area contributed by atoms with E-state index in [1.54, 1.807) is 18.4 Å². The van der Waals surface area contributed by atoms with Crippen LogP contribution >= 0.6 is 0 Å². The van der Waals surface area contributed by atoms with Gasteiger partial charge in [-0.25, -0.2) is 4.39 Å². The third kappa shape index (κ3) is 3.60. The quantitative estimate of drug-likeness (QED) is 0.754. The molecule has 2 rings (SSSR count). The number of rotatable bonds is 6. The minimum Gasteiger partial charge on any atom is -0.468 e. The first-order valence-corrected chi connectivity index (χ1v) is 5.58. The van der Waals surface area contributed by atoms with Crippen LogP contribution in [0, 0.1) is 5.82 Å². The standard InChI is InChI=1S/C13H15FN2O/c14-12-5-1-2-6-13(12)16-8-7-15-10-11-4-3-9-17-11/h1-6,9,15-16H,7-8,10H2. The molecule has 1 aromatic carbocycles. The van der Waals surface area contributed by atoms with E-state index < -0.39 is 0 Å². The highest BCUT2D eigenvalue weighted by molar-refractivity contribution is 5.44. The summed E-state index contributed by atoms with van der Waals surface area (Å²) in [6.07, 6.45) is 1.65. The Bertz CT molecular complexity index is 442. The van der Waals surface area contributed by atoms with Gasteiger partial charge >= 0.3 is 0 Å². The summed E-state index contributed by atoms with van der Waals surface area (Å²) in [5.41, 5.74) is 0.535. The minimum absolute atomic E-state index is 0.224. The Morgan fingerprint density at radius 1 is 1.06 bits per heavy atom. The van der Waals surface area contributed by atoms with E-state index in [2.05, 4.69) is 10.6 Å². The Morgan fingerprint density at radius 2 is 1.94 bits per heavy atom. The lowest BCUT2D eigenvalue weighted by Crippen LogP contribution is -2.21. The molecule has 0 unspecified atom stereocenters. The molecule has 0 radical (unpaired) electrons. The molecule has 0 fully saturated rings. The summed E-state index contributed by atoms with van der Waals surface area (Å²) in [5, 5.41) is 6.22. The van der Waals surface area contributed by atoms with Gasteiger partial charge in [-0.1, -0.05) is 12.1 Å². The average Bonchev–Trinajstić information content (AvgIpc) is 2.84. The summed E-state index contributed by atoms with van der Waals surface area (Å²) in [5.74, 6) is 0.675. The zero-order valence-corrected chi connectivity index (χ0v) is 9.45. The summed E-state index contributed by atoms with van der Waals surface area (Å²) in [4.78, 5) is 0. The van der Waals surface area contributed by atoms with E-state index >= 15 is 0 Å². The van der Waals surface area contributed by atoms with Crippen LogP contribution in [-0.4, -0.2) is 13.1 Å². The molecule has 0 spiro atoms. The van der Waals surface area contributed by atoms with E-state index in [-0.39, 0.29) is 5.82 Å². The highest BCUT2D eigenvalue weighted by Crippen LogP contribution is 2.11. The molecule has 0 bridgehead atoms. The Kier molecular flexibility index (Phi) is 4.16. The van der Waals surface area contributed by atoms with Gasteiger partial charge in [0.25, 0.3) is 0 Å². The van der Waals surface area contributed by atoms with Crippen LogP contribution < -0.4 is 10.6 Å². The van der Waals surface area contributed by atoms with E-state index in [0.717, 1.165) is 12.3 Å². The fourth-order valence-corrected chi connectivity index (χ4v) is 1.51. The van der Waals surface area contributed by atoms with Crippen molar-refractivity contribution in [2.45, 2.75) is 6.54 Å². The van der Waals surface area contributed by atoms with Crippen LogP contribution in [0.25, 0.3) is 0 Å². The second-order valence-electron chi connectivity index (χ2n) is 3.66. The van der Waals surface area contributed by atoms with E-state index in [4.69, 9.17) is 4.42 Å².